The fraction of sp³-hybridized carbons (Fsp3) is 0.645. The minimum atomic E-state index is -0.982. The van der Waals surface area contributed by atoms with Gasteiger partial charge in [0.15, 0.2) is 0 Å². The van der Waals surface area contributed by atoms with Crippen LogP contribution in [0.25, 0.3) is 0 Å². The van der Waals surface area contributed by atoms with Gasteiger partial charge in [-0.05, 0) is 52.2 Å². The van der Waals surface area contributed by atoms with Crippen molar-refractivity contribution in [1.29, 1.82) is 0 Å². The van der Waals surface area contributed by atoms with E-state index in [0.29, 0.717) is 24.1 Å². The van der Waals surface area contributed by atoms with Gasteiger partial charge in [0.2, 0.25) is 11.8 Å². The molecule has 3 amide bonds. The molecule has 0 aliphatic heterocycles. The quantitative estimate of drug-likeness (QED) is 0.131. The number of terminal acetylenes is 1. The summed E-state index contributed by atoms with van der Waals surface area (Å²) in [6, 6.07) is 5.18. The number of benzene rings is 1. The molecular weight excluding hydrogens is 510 g/mol. The van der Waals surface area contributed by atoms with Crippen molar-refractivity contribution in [2.45, 2.75) is 117 Å². The standard InChI is InChI=1S/C31H49N3O4S/c1-8-11-12-13-14-17-21-34(29(36)26(22-39)33-30(37)38-31(5,6)7)27(28(35)32-23(4)18-9-2)25-20-16-15-19-24(25)10-3/h3,15-16,19-20,23,26-27,39H,8-9,11-14,17-18,21-22H2,1-2,4-7H3,(H,32,35)(H,33,37). The zero-order chi connectivity index (χ0) is 29.4. The van der Waals surface area contributed by atoms with Gasteiger partial charge in [-0.2, -0.15) is 12.6 Å². The van der Waals surface area contributed by atoms with Crippen molar-refractivity contribution in [1.82, 2.24) is 15.5 Å². The lowest BCUT2D eigenvalue weighted by atomic mass is 9.96. The monoisotopic (exact) mass is 559 g/mol. The lowest BCUT2D eigenvalue weighted by molar-refractivity contribution is -0.142. The topological polar surface area (TPSA) is 87.7 Å². The van der Waals surface area contributed by atoms with E-state index in [1.165, 1.54) is 6.42 Å². The molecule has 8 heteroatoms. The van der Waals surface area contributed by atoms with Gasteiger partial charge >= 0.3 is 6.09 Å². The summed E-state index contributed by atoms with van der Waals surface area (Å²) in [5, 5.41) is 5.74. The number of hydrogen-bond donors (Lipinski definition) is 3. The smallest absolute Gasteiger partial charge is 0.408 e. The van der Waals surface area contributed by atoms with E-state index < -0.39 is 29.7 Å². The second-order valence-electron chi connectivity index (χ2n) is 11.0. The summed E-state index contributed by atoms with van der Waals surface area (Å²) in [5.74, 6) is 2.01. The number of carbonyl (C=O) groups excluding carboxylic acids is 3. The maximum Gasteiger partial charge on any atom is 0.408 e. The van der Waals surface area contributed by atoms with Gasteiger partial charge in [0.1, 0.15) is 17.7 Å². The van der Waals surface area contributed by atoms with E-state index in [1.54, 1.807) is 37.8 Å². The highest BCUT2D eigenvalue weighted by molar-refractivity contribution is 7.80. The second kappa shape index (κ2) is 17.8. The molecule has 1 aromatic carbocycles. The number of unbranched alkanes of at least 4 members (excludes halogenated alkanes) is 5. The number of alkyl carbamates (subject to hydrolysis) is 1. The van der Waals surface area contributed by atoms with Crippen molar-refractivity contribution in [2.75, 3.05) is 12.3 Å². The zero-order valence-corrected chi connectivity index (χ0v) is 25.6. The molecule has 2 N–H and O–H groups in total. The Morgan fingerprint density at radius 3 is 2.26 bits per heavy atom. The van der Waals surface area contributed by atoms with Crippen LogP contribution in [0.1, 0.15) is 110 Å². The Morgan fingerprint density at radius 2 is 1.67 bits per heavy atom. The number of hydrogen-bond acceptors (Lipinski definition) is 5. The molecule has 1 aromatic rings. The molecule has 0 aromatic heterocycles. The molecule has 1 rings (SSSR count). The van der Waals surface area contributed by atoms with Gasteiger partial charge in [-0.25, -0.2) is 4.79 Å². The van der Waals surface area contributed by atoms with Crippen molar-refractivity contribution >= 4 is 30.5 Å². The first kappa shape index (κ1) is 34.4. The molecule has 0 aliphatic rings. The minimum Gasteiger partial charge on any atom is -0.444 e. The van der Waals surface area contributed by atoms with Gasteiger partial charge in [0, 0.05) is 23.9 Å². The van der Waals surface area contributed by atoms with Gasteiger partial charge < -0.3 is 20.3 Å². The van der Waals surface area contributed by atoms with Crippen LogP contribution in [-0.4, -0.2) is 52.8 Å². The third kappa shape index (κ3) is 12.4. The Morgan fingerprint density at radius 1 is 1.03 bits per heavy atom. The second-order valence-corrected chi connectivity index (χ2v) is 11.4. The molecule has 0 spiro atoms. The van der Waals surface area contributed by atoms with Crippen LogP contribution in [-0.2, 0) is 14.3 Å². The van der Waals surface area contributed by atoms with Crippen LogP contribution in [0.4, 0.5) is 4.79 Å². The van der Waals surface area contributed by atoms with Crippen LogP contribution in [0.3, 0.4) is 0 Å². The van der Waals surface area contributed by atoms with Crippen molar-refractivity contribution in [3.8, 4) is 12.3 Å². The normalized spacial score (nSPS) is 13.5. The largest absolute Gasteiger partial charge is 0.444 e. The van der Waals surface area contributed by atoms with Gasteiger partial charge in [-0.1, -0.05) is 76.5 Å². The Labute approximate surface area is 241 Å². The van der Waals surface area contributed by atoms with E-state index in [0.717, 1.165) is 38.5 Å². The SMILES string of the molecule is C#Cc1ccccc1C(C(=O)NC(C)CCC)N(CCCCCCCC)C(=O)C(CS)NC(=O)OC(C)(C)C. The number of nitrogens with zero attached hydrogens (tertiary/aromatic N) is 1. The summed E-state index contributed by atoms with van der Waals surface area (Å²) in [6.07, 6.45) is 13.0. The highest BCUT2D eigenvalue weighted by Crippen LogP contribution is 2.27. The predicted octanol–water partition coefficient (Wildman–Crippen LogP) is 6.03. The maximum atomic E-state index is 14.0. The predicted molar refractivity (Wildman–Crippen MR) is 162 cm³/mol. The Bertz CT molecular complexity index is 954. The minimum absolute atomic E-state index is 0.0441. The summed E-state index contributed by atoms with van der Waals surface area (Å²) < 4.78 is 5.38. The fourth-order valence-electron chi connectivity index (χ4n) is 4.41. The molecule has 218 valence electrons. The summed E-state index contributed by atoms with van der Waals surface area (Å²) in [6.45, 7) is 11.8. The van der Waals surface area contributed by atoms with Crippen molar-refractivity contribution in [2.24, 2.45) is 0 Å². The van der Waals surface area contributed by atoms with E-state index in [2.05, 4.69) is 43.0 Å². The van der Waals surface area contributed by atoms with Crippen LogP contribution in [0.2, 0.25) is 0 Å². The van der Waals surface area contributed by atoms with Gasteiger partial charge in [-0.3, -0.25) is 9.59 Å². The Kier molecular flexibility index (Phi) is 15.7. The van der Waals surface area contributed by atoms with E-state index in [-0.39, 0.29) is 17.7 Å². The third-order valence-corrected chi connectivity index (χ3v) is 6.65. The molecule has 0 saturated carbocycles. The van der Waals surface area contributed by atoms with E-state index in [1.807, 2.05) is 19.1 Å². The summed E-state index contributed by atoms with van der Waals surface area (Å²) in [5.41, 5.74) is 0.399. The number of ether oxygens (including phenoxy) is 1. The van der Waals surface area contributed by atoms with Crippen LogP contribution >= 0.6 is 12.6 Å². The van der Waals surface area contributed by atoms with Crippen LogP contribution in [0.5, 0.6) is 0 Å². The summed E-state index contributed by atoms with van der Waals surface area (Å²) in [4.78, 5) is 42.0. The van der Waals surface area contributed by atoms with E-state index in [4.69, 9.17) is 11.2 Å². The van der Waals surface area contributed by atoms with Gasteiger partial charge in [0.25, 0.3) is 0 Å². The zero-order valence-electron chi connectivity index (χ0n) is 24.7. The van der Waals surface area contributed by atoms with E-state index >= 15 is 0 Å². The summed E-state index contributed by atoms with van der Waals surface area (Å²) in [7, 11) is 0. The number of nitrogens with one attached hydrogen (secondary N) is 2. The molecular formula is C31H49N3O4S. The average Bonchev–Trinajstić information content (AvgIpc) is 2.87. The molecule has 0 radical (unpaired) electrons. The number of thiol groups is 1. The first-order valence-electron chi connectivity index (χ1n) is 14.3. The number of amides is 3. The summed E-state index contributed by atoms with van der Waals surface area (Å²) >= 11 is 4.36. The highest BCUT2D eigenvalue weighted by atomic mass is 32.1. The third-order valence-electron chi connectivity index (χ3n) is 6.29. The first-order chi connectivity index (χ1) is 18.5. The lowest BCUT2D eigenvalue weighted by Crippen LogP contribution is -2.54. The van der Waals surface area contributed by atoms with Crippen LogP contribution < -0.4 is 10.6 Å². The maximum absolute atomic E-state index is 14.0. The van der Waals surface area contributed by atoms with Crippen molar-refractivity contribution < 1.29 is 19.1 Å². The molecule has 39 heavy (non-hydrogen) atoms. The molecule has 0 bridgehead atoms. The number of rotatable bonds is 16. The van der Waals surface area contributed by atoms with Crippen molar-refractivity contribution in [3.63, 3.8) is 0 Å². The molecule has 0 heterocycles. The van der Waals surface area contributed by atoms with Crippen molar-refractivity contribution in [3.05, 3.63) is 35.4 Å². The van der Waals surface area contributed by atoms with Crippen LogP contribution in [0.15, 0.2) is 24.3 Å². The van der Waals surface area contributed by atoms with E-state index in [9.17, 15) is 14.4 Å². The Balaban J connectivity index is 3.44. The Hall–Kier alpha value is -2.66. The molecule has 7 nitrogen and oxygen atoms in total. The van der Waals surface area contributed by atoms with Gasteiger partial charge in [0.05, 0.1) is 0 Å². The van der Waals surface area contributed by atoms with Crippen LogP contribution in [0, 0.1) is 12.3 Å². The molecule has 0 fully saturated rings. The number of carbonyl (C=O) groups is 3. The average molecular weight is 560 g/mol. The molecule has 0 saturated heterocycles. The molecule has 0 aliphatic carbocycles. The first-order valence-corrected chi connectivity index (χ1v) is 14.9. The fourth-order valence-corrected chi connectivity index (χ4v) is 4.66. The van der Waals surface area contributed by atoms with Gasteiger partial charge in [-0.15, -0.1) is 6.42 Å². The lowest BCUT2D eigenvalue weighted by Gasteiger charge is -2.35. The molecule has 3 unspecified atom stereocenters. The molecule has 3 atom stereocenters. The highest BCUT2D eigenvalue weighted by Gasteiger charge is 2.36.